The van der Waals surface area contributed by atoms with Crippen LogP contribution in [-0.2, 0) is 9.59 Å². The number of thioether (sulfide) groups is 2. The topological polar surface area (TPSA) is 57.6 Å². The van der Waals surface area contributed by atoms with Crippen LogP contribution in [-0.4, -0.2) is 57.5 Å². The van der Waals surface area contributed by atoms with Gasteiger partial charge in [0.05, 0.1) is 18.2 Å². The van der Waals surface area contributed by atoms with E-state index < -0.39 is 5.97 Å². The van der Waals surface area contributed by atoms with Crippen molar-refractivity contribution in [1.82, 2.24) is 4.90 Å². The van der Waals surface area contributed by atoms with Crippen LogP contribution in [0.1, 0.15) is 26.7 Å². The molecule has 1 rings (SSSR count). The van der Waals surface area contributed by atoms with Crippen LogP contribution in [0.5, 0.6) is 0 Å². The number of carboxylic acids is 1. The SMILES string of the molecule is CC(C)CCSCC(=O)N1CCSCC1CC(=O)O. The van der Waals surface area contributed by atoms with E-state index in [9.17, 15) is 9.59 Å². The number of carbonyl (C=O) groups is 2. The Kier molecular flexibility index (Phi) is 7.68. The Morgan fingerprint density at radius 2 is 2.21 bits per heavy atom. The predicted octanol–water partition coefficient (Wildman–Crippen LogP) is 2.18. The Morgan fingerprint density at radius 3 is 2.84 bits per heavy atom. The number of rotatable bonds is 7. The van der Waals surface area contributed by atoms with Gasteiger partial charge in [0.2, 0.25) is 5.91 Å². The van der Waals surface area contributed by atoms with Crippen molar-refractivity contribution in [3.05, 3.63) is 0 Å². The number of carbonyl (C=O) groups excluding carboxylic acids is 1. The van der Waals surface area contributed by atoms with Gasteiger partial charge in [-0.3, -0.25) is 9.59 Å². The maximum Gasteiger partial charge on any atom is 0.305 e. The fourth-order valence-electron chi connectivity index (χ4n) is 1.92. The van der Waals surface area contributed by atoms with Gasteiger partial charge in [-0.15, -0.1) is 0 Å². The van der Waals surface area contributed by atoms with E-state index in [4.69, 9.17) is 5.11 Å². The summed E-state index contributed by atoms with van der Waals surface area (Å²) >= 11 is 3.39. The van der Waals surface area contributed by atoms with Crippen LogP contribution in [0.3, 0.4) is 0 Å². The van der Waals surface area contributed by atoms with Crippen molar-refractivity contribution in [2.45, 2.75) is 32.7 Å². The molecule has 1 aliphatic rings. The van der Waals surface area contributed by atoms with Gasteiger partial charge in [0, 0.05) is 18.1 Å². The zero-order chi connectivity index (χ0) is 14.3. The second-order valence-electron chi connectivity index (χ2n) is 5.15. The summed E-state index contributed by atoms with van der Waals surface area (Å²) < 4.78 is 0. The minimum absolute atomic E-state index is 0.0649. The van der Waals surface area contributed by atoms with Crippen LogP contribution in [0.15, 0.2) is 0 Å². The van der Waals surface area contributed by atoms with Crippen molar-refractivity contribution in [1.29, 1.82) is 0 Å². The lowest BCUT2D eigenvalue weighted by Crippen LogP contribution is -2.47. The first-order chi connectivity index (χ1) is 9.00. The zero-order valence-corrected chi connectivity index (χ0v) is 13.3. The van der Waals surface area contributed by atoms with E-state index >= 15 is 0 Å². The highest BCUT2D eigenvalue weighted by atomic mass is 32.2. The molecular formula is C13H23NO3S2. The molecule has 6 heteroatoms. The van der Waals surface area contributed by atoms with E-state index in [2.05, 4.69) is 13.8 Å². The van der Waals surface area contributed by atoms with Gasteiger partial charge in [0.15, 0.2) is 0 Å². The van der Waals surface area contributed by atoms with Gasteiger partial charge < -0.3 is 10.0 Å². The van der Waals surface area contributed by atoms with Crippen LogP contribution in [0.2, 0.25) is 0 Å². The number of amides is 1. The fraction of sp³-hybridized carbons (Fsp3) is 0.846. The first-order valence-electron chi connectivity index (χ1n) is 6.67. The number of aliphatic carboxylic acids is 1. The summed E-state index contributed by atoms with van der Waals surface area (Å²) in [6, 6.07) is -0.130. The Morgan fingerprint density at radius 1 is 1.47 bits per heavy atom. The Balaban J connectivity index is 2.37. The lowest BCUT2D eigenvalue weighted by Gasteiger charge is -2.34. The van der Waals surface area contributed by atoms with Gasteiger partial charge in [-0.2, -0.15) is 23.5 Å². The smallest absolute Gasteiger partial charge is 0.305 e. The second-order valence-corrected chi connectivity index (χ2v) is 7.40. The van der Waals surface area contributed by atoms with E-state index in [-0.39, 0.29) is 18.4 Å². The van der Waals surface area contributed by atoms with Crippen molar-refractivity contribution in [3.63, 3.8) is 0 Å². The van der Waals surface area contributed by atoms with Crippen molar-refractivity contribution < 1.29 is 14.7 Å². The second kappa shape index (κ2) is 8.74. The molecule has 0 aromatic carbocycles. The Hall–Kier alpha value is -0.360. The molecule has 0 bridgehead atoms. The Labute approximate surface area is 123 Å². The quantitative estimate of drug-likeness (QED) is 0.731. The molecule has 0 saturated carbocycles. The third-order valence-corrected chi connectivity index (χ3v) is 5.09. The zero-order valence-electron chi connectivity index (χ0n) is 11.6. The summed E-state index contributed by atoms with van der Waals surface area (Å²) in [6.45, 7) is 5.03. The molecule has 1 atom stereocenters. The van der Waals surface area contributed by atoms with Gasteiger partial charge in [-0.05, 0) is 18.1 Å². The highest BCUT2D eigenvalue weighted by Crippen LogP contribution is 2.20. The van der Waals surface area contributed by atoms with E-state index in [1.807, 2.05) is 0 Å². The van der Waals surface area contributed by atoms with Gasteiger partial charge in [0.1, 0.15) is 0 Å². The molecule has 1 N–H and O–H groups in total. The molecule has 0 aromatic heterocycles. The number of hydrogen-bond acceptors (Lipinski definition) is 4. The molecule has 0 spiro atoms. The average molecular weight is 305 g/mol. The van der Waals surface area contributed by atoms with E-state index in [1.54, 1.807) is 28.4 Å². The van der Waals surface area contributed by atoms with Gasteiger partial charge in [0.25, 0.3) is 0 Å². The molecule has 1 unspecified atom stereocenters. The normalized spacial score (nSPS) is 19.7. The molecule has 19 heavy (non-hydrogen) atoms. The van der Waals surface area contributed by atoms with Crippen molar-refractivity contribution in [3.8, 4) is 0 Å². The van der Waals surface area contributed by atoms with Crippen LogP contribution in [0.25, 0.3) is 0 Å². The van der Waals surface area contributed by atoms with Crippen molar-refractivity contribution >= 4 is 35.4 Å². The number of carboxylic acid groups (broad SMARTS) is 1. The van der Waals surface area contributed by atoms with Gasteiger partial charge in [-0.25, -0.2) is 0 Å². The molecule has 110 valence electrons. The summed E-state index contributed by atoms with van der Waals surface area (Å²) in [5.74, 6) is 3.07. The third-order valence-electron chi connectivity index (χ3n) is 3.02. The molecule has 0 radical (unpaired) electrons. The van der Waals surface area contributed by atoms with Gasteiger partial charge in [-0.1, -0.05) is 13.8 Å². The lowest BCUT2D eigenvalue weighted by molar-refractivity contribution is -0.139. The first-order valence-corrected chi connectivity index (χ1v) is 8.98. The first kappa shape index (κ1) is 16.7. The summed E-state index contributed by atoms with van der Waals surface area (Å²) in [4.78, 5) is 24.7. The molecule has 4 nitrogen and oxygen atoms in total. The van der Waals surface area contributed by atoms with Crippen LogP contribution >= 0.6 is 23.5 Å². The number of hydrogen-bond donors (Lipinski definition) is 1. The molecule has 0 aromatic rings. The molecule has 0 aliphatic carbocycles. The van der Waals surface area contributed by atoms with Crippen molar-refractivity contribution in [2.75, 3.05) is 29.6 Å². The maximum atomic E-state index is 12.1. The minimum atomic E-state index is -0.822. The van der Waals surface area contributed by atoms with Gasteiger partial charge >= 0.3 is 5.97 Å². The molecule has 1 aliphatic heterocycles. The lowest BCUT2D eigenvalue weighted by atomic mass is 10.2. The average Bonchev–Trinajstić information content (AvgIpc) is 2.34. The fourth-order valence-corrected chi connectivity index (χ4v) is 4.10. The summed E-state index contributed by atoms with van der Waals surface area (Å²) in [5.41, 5.74) is 0. The largest absolute Gasteiger partial charge is 0.481 e. The van der Waals surface area contributed by atoms with E-state index in [1.165, 1.54) is 0 Å². The van der Waals surface area contributed by atoms with Crippen molar-refractivity contribution in [2.24, 2.45) is 5.92 Å². The summed E-state index contributed by atoms with van der Waals surface area (Å²) in [5, 5.41) is 8.89. The third kappa shape index (κ3) is 6.56. The molecule has 1 heterocycles. The molecular weight excluding hydrogens is 282 g/mol. The van der Waals surface area contributed by atoms with Crippen LogP contribution < -0.4 is 0 Å². The predicted molar refractivity (Wildman–Crippen MR) is 81.9 cm³/mol. The molecule has 1 saturated heterocycles. The standard InChI is InChI=1S/C13H23NO3S2/c1-10(2)3-5-18-9-12(15)14-4-6-19-8-11(14)7-13(16)17/h10-11H,3-9H2,1-2H3,(H,16,17). The summed E-state index contributed by atoms with van der Waals surface area (Å²) in [6.07, 6.45) is 1.18. The summed E-state index contributed by atoms with van der Waals surface area (Å²) in [7, 11) is 0. The maximum absolute atomic E-state index is 12.1. The van der Waals surface area contributed by atoms with E-state index in [0.29, 0.717) is 18.2 Å². The molecule has 1 amide bonds. The monoisotopic (exact) mass is 305 g/mol. The highest BCUT2D eigenvalue weighted by molar-refractivity contribution is 8.00. The molecule has 1 fully saturated rings. The van der Waals surface area contributed by atoms with E-state index in [0.717, 1.165) is 23.7 Å². The van der Waals surface area contributed by atoms with Crippen LogP contribution in [0, 0.1) is 5.92 Å². The highest BCUT2D eigenvalue weighted by Gasteiger charge is 2.28. The number of nitrogens with zero attached hydrogens (tertiary/aromatic N) is 1. The Bertz CT molecular complexity index is 310. The van der Waals surface area contributed by atoms with Crippen LogP contribution in [0.4, 0.5) is 0 Å². The minimum Gasteiger partial charge on any atom is -0.481 e.